The zero-order valence-electron chi connectivity index (χ0n) is 15.8. The fourth-order valence-electron chi connectivity index (χ4n) is 2.66. The van der Waals surface area contributed by atoms with E-state index in [0.29, 0.717) is 41.0 Å². The van der Waals surface area contributed by atoms with E-state index < -0.39 is 18.5 Å². The Bertz CT molecular complexity index is 943. The van der Waals surface area contributed by atoms with Crippen LogP contribution in [0, 0.1) is 6.92 Å². The molecule has 8 heteroatoms. The molecule has 0 bridgehead atoms. The summed E-state index contributed by atoms with van der Waals surface area (Å²) in [6, 6.07) is 9.98. The maximum atomic E-state index is 12.3. The summed E-state index contributed by atoms with van der Waals surface area (Å²) in [6.07, 6.45) is -0.162. The van der Waals surface area contributed by atoms with E-state index in [1.807, 2.05) is 6.92 Å². The second kappa shape index (κ2) is 9.43. The van der Waals surface area contributed by atoms with Crippen molar-refractivity contribution < 1.29 is 28.6 Å². The number of nitrogens with one attached hydrogen (secondary N) is 1. The molecule has 3 rings (SSSR count). The fraction of sp³-hybridized carbons (Fsp3) is 0.286. The van der Waals surface area contributed by atoms with Gasteiger partial charge in [0.1, 0.15) is 13.2 Å². The molecular weight excluding hydrogens is 398 g/mol. The van der Waals surface area contributed by atoms with Crippen molar-refractivity contribution in [2.75, 3.05) is 25.1 Å². The Balaban J connectivity index is 1.43. The number of ether oxygens (including phenoxy) is 3. The van der Waals surface area contributed by atoms with Crippen LogP contribution < -0.4 is 14.8 Å². The number of ketones is 1. The Hall–Kier alpha value is -3.06. The van der Waals surface area contributed by atoms with Crippen LogP contribution in [0.5, 0.6) is 11.5 Å². The summed E-state index contributed by atoms with van der Waals surface area (Å²) in [6.45, 7) is 2.30. The SMILES string of the molecule is Cc1ccc(NC(=O)COC(=O)CCC(=O)c2ccc3c(c2)OCCO3)cc1Cl. The van der Waals surface area contributed by atoms with Gasteiger partial charge < -0.3 is 19.5 Å². The van der Waals surface area contributed by atoms with E-state index in [9.17, 15) is 14.4 Å². The lowest BCUT2D eigenvalue weighted by atomic mass is 10.1. The Morgan fingerprint density at radius 3 is 2.55 bits per heavy atom. The summed E-state index contributed by atoms with van der Waals surface area (Å²) in [7, 11) is 0. The summed E-state index contributed by atoms with van der Waals surface area (Å²) >= 11 is 6.00. The second-order valence-electron chi connectivity index (χ2n) is 6.45. The van der Waals surface area contributed by atoms with Crippen molar-refractivity contribution >= 4 is 34.9 Å². The van der Waals surface area contributed by atoms with Gasteiger partial charge in [0.2, 0.25) is 0 Å². The molecule has 0 unspecified atom stereocenters. The van der Waals surface area contributed by atoms with Gasteiger partial charge in [-0.1, -0.05) is 17.7 Å². The molecule has 0 fully saturated rings. The number of hydrogen-bond acceptors (Lipinski definition) is 6. The highest BCUT2D eigenvalue weighted by Crippen LogP contribution is 2.31. The molecule has 0 saturated heterocycles. The Labute approximate surface area is 172 Å². The molecule has 1 aliphatic heterocycles. The van der Waals surface area contributed by atoms with Gasteiger partial charge in [0.05, 0.1) is 6.42 Å². The van der Waals surface area contributed by atoms with E-state index >= 15 is 0 Å². The maximum absolute atomic E-state index is 12.3. The van der Waals surface area contributed by atoms with E-state index in [1.54, 1.807) is 36.4 Å². The summed E-state index contributed by atoms with van der Waals surface area (Å²) in [5.41, 5.74) is 1.82. The molecule has 1 aliphatic rings. The highest BCUT2D eigenvalue weighted by molar-refractivity contribution is 6.31. The summed E-state index contributed by atoms with van der Waals surface area (Å²) in [4.78, 5) is 36.0. The largest absolute Gasteiger partial charge is 0.486 e. The molecule has 0 aromatic heterocycles. The number of rotatable bonds is 7. The average molecular weight is 418 g/mol. The summed E-state index contributed by atoms with van der Waals surface area (Å²) in [5.74, 6) is -0.243. The van der Waals surface area contributed by atoms with Gasteiger partial charge in [-0.05, 0) is 42.8 Å². The first-order valence-corrected chi connectivity index (χ1v) is 9.44. The van der Waals surface area contributed by atoms with E-state index in [0.717, 1.165) is 5.56 Å². The molecule has 0 spiro atoms. The molecule has 2 aromatic carbocycles. The summed E-state index contributed by atoms with van der Waals surface area (Å²) in [5, 5.41) is 3.12. The standard InChI is InChI=1S/C21H20ClNO6/c1-13-2-4-15(11-16(13)22)23-20(25)12-29-21(26)7-5-17(24)14-3-6-18-19(10-14)28-9-8-27-18/h2-4,6,10-11H,5,7-9,12H2,1H3,(H,23,25). The lowest BCUT2D eigenvalue weighted by Crippen LogP contribution is -2.21. The van der Waals surface area contributed by atoms with E-state index in [1.165, 1.54) is 0 Å². The van der Waals surface area contributed by atoms with Crippen LogP contribution in [0.4, 0.5) is 5.69 Å². The van der Waals surface area contributed by atoms with Crippen LogP contribution in [-0.4, -0.2) is 37.5 Å². The minimum atomic E-state index is -0.631. The van der Waals surface area contributed by atoms with Gasteiger partial charge >= 0.3 is 5.97 Å². The number of hydrogen-bond donors (Lipinski definition) is 1. The Kier molecular flexibility index (Phi) is 6.72. The smallest absolute Gasteiger partial charge is 0.306 e. The molecule has 0 atom stereocenters. The van der Waals surface area contributed by atoms with Crippen LogP contribution in [0.25, 0.3) is 0 Å². The third kappa shape index (κ3) is 5.71. The van der Waals surface area contributed by atoms with Crippen molar-refractivity contribution in [2.45, 2.75) is 19.8 Å². The third-order valence-corrected chi connectivity index (χ3v) is 4.65. The monoisotopic (exact) mass is 417 g/mol. The molecule has 152 valence electrons. The number of amides is 1. The van der Waals surface area contributed by atoms with Crippen molar-refractivity contribution in [3.8, 4) is 11.5 Å². The minimum Gasteiger partial charge on any atom is -0.486 e. The molecule has 0 aliphatic carbocycles. The molecule has 0 radical (unpaired) electrons. The van der Waals surface area contributed by atoms with Gasteiger partial charge in [0.15, 0.2) is 23.9 Å². The fourth-order valence-corrected chi connectivity index (χ4v) is 2.84. The van der Waals surface area contributed by atoms with Crippen molar-refractivity contribution in [1.29, 1.82) is 0 Å². The van der Waals surface area contributed by atoms with Gasteiger partial charge in [-0.25, -0.2) is 0 Å². The molecule has 1 amide bonds. The van der Waals surface area contributed by atoms with Crippen molar-refractivity contribution in [1.82, 2.24) is 0 Å². The van der Waals surface area contributed by atoms with Gasteiger partial charge in [-0.2, -0.15) is 0 Å². The predicted octanol–water partition coefficient (Wildman–Crippen LogP) is 3.56. The Morgan fingerprint density at radius 2 is 1.79 bits per heavy atom. The van der Waals surface area contributed by atoms with Gasteiger partial charge in [-0.3, -0.25) is 14.4 Å². The molecule has 7 nitrogen and oxygen atoms in total. The molecule has 2 aromatic rings. The van der Waals surface area contributed by atoms with Crippen LogP contribution in [-0.2, 0) is 14.3 Å². The van der Waals surface area contributed by atoms with Crippen LogP contribution in [0.3, 0.4) is 0 Å². The average Bonchev–Trinajstić information content (AvgIpc) is 2.72. The van der Waals surface area contributed by atoms with Crippen LogP contribution in [0.2, 0.25) is 5.02 Å². The normalized spacial score (nSPS) is 12.2. The number of esters is 1. The highest BCUT2D eigenvalue weighted by Gasteiger charge is 2.16. The van der Waals surface area contributed by atoms with Gasteiger partial charge in [0, 0.05) is 22.7 Å². The number of carbonyl (C=O) groups is 3. The van der Waals surface area contributed by atoms with Gasteiger partial charge in [0.25, 0.3) is 5.91 Å². The van der Waals surface area contributed by atoms with Crippen LogP contribution >= 0.6 is 11.6 Å². The first kappa shape index (κ1) is 20.7. The minimum absolute atomic E-state index is 0.0341. The molecular formula is C21H20ClNO6. The summed E-state index contributed by atoms with van der Waals surface area (Å²) < 4.78 is 15.8. The van der Waals surface area contributed by atoms with E-state index in [4.69, 9.17) is 25.8 Å². The zero-order valence-corrected chi connectivity index (χ0v) is 16.6. The third-order valence-electron chi connectivity index (χ3n) is 4.24. The number of fused-ring (bicyclic) bond motifs is 1. The van der Waals surface area contributed by atoms with E-state index in [2.05, 4.69) is 5.32 Å². The zero-order chi connectivity index (χ0) is 20.8. The molecule has 1 N–H and O–H groups in total. The topological polar surface area (TPSA) is 90.9 Å². The Morgan fingerprint density at radius 1 is 1.03 bits per heavy atom. The number of benzene rings is 2. The van der Waals surface area contributed by atoms with Crippen molar-refractivity contribution in [2.24, 2.45) is 0 Å². The lowest BCUT2D eigenvalue weighted by Gasteiger charge is -2.18. The molecule has 1 heterocycles. The van der Waals surface area contributed by atoms with E-state index in [-0.39, 0.29) is 18.6 Å². The second-order valence-corrected chi connectivity index (χ2v) is 6.86. The van der Waals surface area contributed by atoms with Gasteiger partial charge in [-0.15, -0.1) is 0 Å². The van der Waals surface area contributed by atoms with Crippen LogP contribution in [0.1, 0.15) is 28.8 Å². The van der Waals surface area contributed by atoms with Crippen LogP contribution in [0.15, 0.2) is 36.4 Å². The molecule has 0 saturated carbocycles. The maximum Gasteiger partial charge on any atom is 0.306 e. The number of carbonyl (C=O) groups excluding carboxylic acids is 3. The molecule has 29 heavy (non-hydrogen) atoms. The van der Waals surface area contributed by atoms with Crippen molar-refractivity contribution in [3.63, 3.8) is 0 Å². The number of Topliss-reactive ketones (excluding diaryl/α,β-unsaturated/α-hetero) is 1. The first-order chi connectivity index (χ1) is 13.9. The van der Waals surface area contributed by atoms with Crippen molar-refractivity contribution in [3.05, 3.63) is 52.5 Å². The highest BCUT2D eigenvalue weighted by atomic mass is 35.5. The first-order valence-electron chi connectivity index (χ1n) is 9.07. The predicted molar refractivity (Wildman–Crippen MR) is 107 cm³/mol. The number of aryl methyl sites for hydroxylation is 1. The quantitative estimate of drug-likeness (QED) is 0.547. The number of halogens is 1. The lowest BCUT2D eigenvalue weighted by molar-refractivity contribution is -0.147. The number of anilines is 1.